The maximum atomic E-state index is 11.7. The minimum absolute atomic E-state index is 0. The molecular weight excluding hydrogens is 503 g/mol. The first-order valence-electron chi connectivity index (χ1n) is 11.5. The van der Waals surface area contributed by atoms with Crippen molar-refractivity contribution in [2.24, 2.45) is 10.9 Å². The van der Waals surface area contributed by atoms with E-state index >= 15 is 0 Å². The third kappa shape index (κ3) is 6.73. The van der Waals surface area contributed by atoms with Gasteiger partial charge in [0, 0.05) is 38.5 Å². The zero-order chi connectivity index (χ0) is 21.4. The Balaban J connectivity index is 0.00000341. The van der Waals surface area contributed by atoms with Gasteiger partial charge in [-0.2, -0.15) is 0 Å². The summed E-state index contributed by atoms with van der Waals surface area (Å²) in [6.45, 7) is 5.71. The number of nitrogens with zero attached hydrogens (tertiary/aromatic N) is 2. The molecule has 1 aliphatic heterocycles. The molecule has 174 valence electrons. The summed E-state index contributed by atoms with van der Waals surface area (Å²) >= 11 is 0. The van der Waals surface area contributed by atoms with Crippen LogP contribution in [-0.2, 0) is 10.2 Å². The fourth-order valence-corrected chi connectivity index (χ4v) is 4.91. The van der Waals surface area contributed by atoms with Crippen LogP contribution in [0.5, 0.6) is 5.75 Å². The van der Waals surface area contributed by atoms with Crippen LogP contribution in [0.4, 0.5) is 0 Å². The summed E-state index contributed by atoms with van der Waals surface area (Å²) < 4.78 is 5.48. The number of carbonyl (C=O) groups is 1. The highest BCUT2D eigenvalue weighted by Gasteiger charge is 2.36. The smallest absolute Gasteiger partial charge is 0.220 e. The minimum atomic E-state index is 0. The van der Waals surface area contributed by atoms with E-state index < -0.39 is 0 Å². The standard InChI is InChI=1S/C24H38N4O2.HI/c1-4-26-23(28-14-10-19(11-15-28)16-22(29)25-2)27-18-24(12-5-6-13-24)20-8-7-9-21(17-20)30-3;/h7-9,17,19H,4-6,10-16,18H2,1-3H3,(H,25,29)(H,26,27);1H. The van der Waals surface area contributed by atoms with Crippen molar-refractivity contribution in [1.82, 2.24) is 15.5 Å². The van der Waals surface area contributed by atoms with Gasteiger partial charge in [0.2, 0.25) is 5.91 Å². The molecule has 2 fully saturated rings. The lowest BCUT2D eigenvalue weighted by molar-refractivity contribution is -0.121. The van der Waals surface area contributed by atoms with E-state index in [0.29, 0.717) is 12.3 Å². The third-order valence-electron chi connectivity index (χ3n) is 6.78. The molecule has 0 aromatic heterocycles. The molecule has 0 atom stereocenters. The number of likely N-dealkylation sites (tertiary alicyclic amines) is 1. The van der Waals surface area contributed by atoms with E-state index in [1.807, 2.05) is 6.07 Å². The minimum Gasteiger partial charge on any atom is -0.497 e. The van der Waals surface area contributed by atoms with Crippen molar-refractivity contribution in [3.8, 4) is 5.75 Å². The Morgan fingerprint density at radius 3 is 2.58 bits per heavy atom. The molecule has 0 bridgehead atoms. The van der Waals surface area contributed by atoms with Crippen molar-refractivity contribution < 1.29 is 9.53 Å². The molecule has 2 aliphatic rings. The average molecular weight is 543 g/mol. The second-order valence-electron chi connectivity index (χ2n) is 8.70. The number of hydrogen-bond donors (Lipinski definition) is 2. The summed E-state index contributed by atoms with van der Waals surface area (Å²) in [5, 5.41) is 6.25. The van der Waals surface area contributed by atoms with Crippen molar-refractivity contribution in [3.05, 3.63) is 29.8 Å². The molecule has 0 unspecified atom stereocenters. The van der Waals surface area contributed by atoms with Crippen molar-refractivity contribution >= 4 is 35.8 Å². The largest absolute Gasteiger partial charge is 0.497 e. The van der Waals surface area contributed by atoms with Crippen LogP contribution in [0.3, 0.4) is 0 Å². The van der Waals surface area contributed by atoms with Gasteiger partial charge in [-0.1, -0.05) is 25.0 Å². The van der Waals surface area contributed by atoms with Gasteiger partial charge in [0.15, 0.2) is 5.96 Å². The monoisotopic (exact) mass is 542 g/mol. The molecule has 0 radical (unpaired) electrons. The Morgan fingerprint density at radius 1 is 1.26 bits per heavy atom. The quantitative estimate of drug-likeness (QED) is 0.311. The molecule has 1 saturated carbocycles. The van der Waals surface area contributed by atoms with Crippen LogP contribution >= 0.6 is 24.0 Å². The topological polar surface area (TPSA) is 66.0 Å². The lowest BCUT2D eigenvalue weighted by Gasteiger charge is -2.35. The van der Waals surface area contributed by atoms with Crippen molar-refractivity contribution in [2.75, 3.05) is 40.3 Å². The lowest BCUT2D eigenvalue weighted by Crippen LogP contribution is -2.46. The predicted octanol–water partition coefficient (Wildman–Crippen LogP) is 3.94. The molecule has 2 N–H and O–H groups in total. The summed E-state index contributed by atoms with van der Waals surface area (Å²) in [7, 11) is 3.45. The number of guanidine groups is 1. The Labute approximate surface area is 204 Å². The number of carbonyl (C=O) groups excluding carboxylic acids is 1. The van der Waals surface area contributed by atoms with Crippen LogP contribution in [0.1, 0.15) is 57.4 Å². The van der Waals surface area contributed by atoms with Gasteiger partial charge >= 0.3 is 0 Å². The van der Waals surface area contributed by atoms with E-state index in [1.54, 1.807) is 14.2 Å². The van der Waals surface area contributed by atoms with Crippen molar-refractivity contribution in [2.45, 2.75) is 57.3 Å². The summed E-state index contributed by atoms with van der Waals surface area (Å²) in [4.78, 5) is 19.2. The Hall–Kier alpha value is -1.51. The Kier molecular flexibility index (Phi) is 10.4. The second-order valence-corrected chi connectivity index (χ2v) is 8.70. The summed E-state index contributed by atoms with van der Waals surface area (Å²) in [6, 6.07) is 8.54. The molecule has 3 rings (SSSR count). The first-order chi connectivity index (χ1) is 14.6. The number of aliphatic imine (C=N–C) groups is 1. The summed E-state index contributed by atoms with van der Waals surface area (Å²) in [5.41, 5.74) is 1.45. The van der Waals surface area contributed by atoms with E-state index in [4.69, 9.17) is 9.73 Å². The fourth-order valence-electron chi connectivity index (χ4n) is 4.91. The Morgan fingerprint density at radius 2 is 1.97 bits per heavy atom. The molecule has 1 aromatic rings. The molecule has 1 aliphatic carbocycles. The molecule has 31 heavy (non-hydrogen) atoms. The maximum Gasteiger partial charge on any atom is 0.220 e. The summed E-state index contributed by atoms with van der Waals surface area (Å²) in [6.07, 6.45) is 7.59. The molecular formula is C24H39IN4O2. The van der Waals surface area contributed by atoms with E-state index in [1.165, 1.54) is 31.2 Å². The normalized spacial score (nSPS) is 18.9. The van der Waals surface area contributed by atoms with Gasteiger partial charge in [0.25, 0.3) is 0 Å². The zero-order valence-electron chi connectivity index (χ0n) is 19.3. The number of piperidine rings is 1. The van der Waals surface area contributed by atoms with Crippen LogP contribution in [-0.4, -0.2) is 57.1 Å². The van der Waals surface area contributed by atoms with Gasteiger partial charge in [0.05, 0.1) is 13.7 Å². The van der Waals surface area contributed by atoms with Crippen LogP contribution in [0.2, 0.25) is 0 Å². The van der Waals surface area contributed by atoms with Crippen LogP contribution in [0.15, 0.2) is 29.3 Å². The van der Waals surface area contributed by atoms with Gasteiger partial charge in [-0.25, -0.2) is 0 Å². The van der Waals surface area contributed by atoms with E-state index in [0.717, 1.165) is 50.7 Å². The second kappa shape index (κ2) is 12.5. The average Bonchev–Trinajstić information content (AvgIpc) is 3.27. The highest BCUT2D eigenvalue weighted by molar-refractivity contribution is 14.0. The lowest BCUT2D eigenvalue weighted by atomic mass is 9.79. The van der Waals surface area contributed by atoms with Gasteiger partial charge in [-0.15, -0.1) is 24.0 Å². The van der Waals surface area contributed by atoms with Gasteiger partial charge in [-0.3, -0.25) is 9.79 Å². The van der Waals surface area contributed by atoms with E-state index in [-0.39, 0.29) is 35.3 Å². The number of amides is 1. The van der Waals surface area contributed by atoms with E-state index in [9.17, 15) is 4.79 Å². The molecule has 1 heterocycles. The highest BCUT2D eigenvalue weighted by Crippen LogP contribution is 2.42. The number of nitrogens with one attached hydrogen (secondary N) is 2. The maximum absolute atomic E-state index is 11.7. The third-order valence-corrected chi connectivity index (χ3v) is 6.78. The number of halogens is 1. The van der Waals surface area contributed by atoms with Gasteiger partial charge < -0.3 is 20.3 Å². The first-order valence-corrected chi connectivity index (χ1v) is 11.5. The fraction of sp³-hybridized carbons (Fsp3) is 0.667. The predicted molar refractivity (Wildman–Crippen MR) is 138 cm³/mol. The molecule has 0 spiro atoms. The van der Waals surface area contributed by atoms with E-state index in [2.05, 4.69) is 40.7 Å². The number of ether oxygens (including phenoxy) is 1. The first kappa shape index (κ1) is 25.7. The number of methoxy groups -OCH3 is 1. The molecule has 1 aromatic carbocycles. The van der Waals surface area contributed by atoms with Gasteiger partial charge in [-0.05, 0) is 56.2 Å². The number of hydrogen-bond acceptors (Lipinski definition) is 3. The molecule has 6 nitrogen and oxygen atoms in total. The zero-order valence-corrected chi connectivity index (χ0v) is 21.6. The van der Waals surface area contributed by atoms with Crippen molar-refractivity contribution in [1.29, 1.82) is 0 Å². The summed E-state index contributed by atoms with van der Waals surface area (Å²) in [5.74, 6) is 2.57. The molecule has 1 amide bonds. The molecule has 1 saturated heterocycles. The van der Waals surface area contributed by atoms with Crippen LogP contribution in [0.25, 0.3) is 0 Å². The number of benzene rings is 1. The van der Waals surface area contributed by atoms with Crippen LogP contribution < -0.4 is 15.4 Å². The van der Waals surface area contributed by atoms with Crippen LogP contribution in [0, 0.1) is 5.92 Å². The highest BCUT2D eigenvalue weighted by atomic mass is 127. The Bertz CT molecular complexity index is 726. The molecule has 7 heteroatoms. The number of rotatable bonds is 7. The SMILES string of the molecule is CCNC(=NCC1(c2cccc(OC)c2)CCCC1)N1CCC(CC(=O)NC)CC1.I. The van der Waals surface area contributed by atoms with Crippen molar-refractivity contribution in [3.63, 3.8) is 0 Å². The van der Waals surface area contributed by atoms with Gasteiger partial charge in [0.1, 0.15) is 5.75 Å².